The van der Waals surface area contributed by atoms with Crippen molar-refractivity contribution in [3.63, 3.8) is 0 Å². The number of carbonyl (C=O) groups excluding carboxylic acids is 4. The molecule has 0 aromatic rings. The van der Waals surface area contributed by atoms with Crippen LogP contribution in [0.1, 0.15) is 446 Å². The predicted octanol–water partition coefficient (Wildman–Crippen LogP) is 25.5. The van der Waals surface area contributed by atoms with Crippen molar-refractivity contribution in [2.45, 2.75) is 464 Å². The van der Waals surface area contributed by atoms with Crippen LogP contribution in [0.15, 0.2) is 0 Å². The van der Waals surface area contributed by atoms with Crippen LogP contribution >= 0.6 is 15.6 Å². The molecule has 0 heterocycles. The van der Waals surface area contributed by atoms with Crippen molar-refractivity contribution < 1.29 is 80.2 Å². The average Bonchev–Trinajstić information content (AvgIpc) is 0.910. The van der Waals surface area contributed by atoms with Gasteiger partial charge in [-0.25, -0.2) is 9.13 Å². The van der Waals surface area contributed by atoms with Crippen LogP contribution in [-0.2, 0) is 65.4 Å². The molecule has 0 radical (unpaired) electrons. The number of aliphatic hydroxyl groups excluding tert-OH is 1. The third-order valence-corrected chi connectivity index (χ3v) is 22.0. The Morgan fingerprint density at radius 3 is 0.738 bits per heavy atom. The van der Waals surface area contributed by atoms with Crippen molar-refractivity contribution in [1.82, 2.24) is 0 Å². The topological polar surface area (TPSA) is 237 Å². The zero-order chi connectivity index (χ0) is 75.6. The molecule has 3 N–H and O–H groups in total. The van der Waals surface area contributed by atoms with E-state index in [9.17, 15) is 43.2 Å². The number of rotatable bonds is 83. The van der Waals surface area contributed by atoms with Crippen LogP contribution in [0.4, 0.5) is 0 Å². The molecular formula is C84H164O17P2. The molecule has 0 aliphatic carbocycles. The summed E-state index contributed by atoms with van der Waals surface area (Å²) in [6, 6.07) is 0. The maximum Gasteiger partial charge on any atom is 0.472 e. The summed E-state index contributed by atoms with van der Waals surface area (Å²) in [5.74, 6) is -0.467. The lowest BCUT2D eigenvalue weighted by atomic mass is 9.99. The standard InChI is InChI=1S/C84H164O17P2/c1-7-10-12-14-16-18-20-21-22-28-31-37-43-49-55-61-67-82(87)95-73-80(100-83(88)68-62-56-50-44-38-32-29-26-24-23-25-27-30-36-41-47-53-59-65-77(6)9-3)75-99-103(92,93)97-71-78(85)70-96-102(90,91)98-74-79(72-94-81(86)66-60-54-48-42-34-19-17-15-13-11-8-2)101-84(89)69-63-57-51-45-39-33-35-40-46-52-58-64-76(4)5/h76-80,85H,7-75H2,1-6H3,(H,90,91)(H,92,93)/t77?,78-,79+,80+/m0/s1. The molecule has 612 valence electrons. The number of hydrogen-bond donors (Lipinski definition) is 3. The monoisotopic (exact) mass is 1510 g/mol. The largest absolute Gasteiger partial charge is 0.472 e. The minimum Gasteiger partial charge on any atom is -0.462 e. The summed E-state index contributed by atoms with van der Waals surface area (Å²) in [7, 11) is -9.92. The van der Waals surface area contributed by atoms with Crippen molar-refractivity contribution >= 4 is 39.5 Å². The van der Waals surface area contributed by atoms with Crippen LogP contribution in [0, 0.1) is 11.8 Å². The van der Waals surface area contributed by atoms with Gasteiger partial charge >= 0.3 is 39.5 Å². The van der Waals surface area contributed by atoms with E-state index in [1.54, 1.807) is 0 Å². The molecular weight excluding hydrogens is 1340 g/mol. The summed E-state index contributed by atoms with van der Waals surface area (Å²) in [6.45, 7) is 9.72. The van der Waals surface area contributed by atoms with Crippen LogP contribution in [0.3, 0.4) is 0 Å². The number of aliphatic hydroxyl groups is 1. The Hall–Kier alpha value is -1.94. The fourth-order valence-corrected chi connectivity index (χ4v) is 14.6. The minimum atomic E-state index is -4.96. The first-order chi connectivity index (χ1) is 49.9. The van der Waals surface area contributed by atoms with Gasteiger partial charge in [0.25, 0.3) is 0 Å². The summed E-state index contributed by atoms with van der Waals surface area (Å²) in [5, 5.41) is 10.7. The Morgan fingerprint density at radius 2 is 0.495 bits per heavy atom. The van der Waals surface area contributed by atoms with Gasteiger partial charge in [0.15, 0.2) is 12.2 Å². The van der Waals surface area contributed by atoms with Crippen LogP contribution in [0.5, 0.6) is 0 Å². The molecule has 0 aromatic heterocycles. The van der Waals surface area contributed by atoms with Gasteiger partial charge < -0.3 is 33.8 Å². The van der Waals surface area contributed by atoms with Gasteiger partial charge in [0.2, 0.25) is 0 Å². The number of unbranched alkanes of at least 4 members (excludes halogenated alkanes) is 52. The number of phosphoric acid groups is 2. The Kier molecular flexibility index (Phi) is 74.1. The molecule has 103 heavy (non-hydrogen) atoms. The van der Waals surface area contributed by atoms with Gasteiger partial charge in [-0.3, -0.25) is 37.3 Å². The second kappa shape index (κ2) is 75.5. The van der Waals surface area contributed by atoms with Crippen molar-refractivity contribution in [2.75, 3.05) is 39.6 Å². The molecule has 0 rings (SSSR count). The van der Waals surface area contributed by atoms with E-state index in [2.05, 4.69) is 41.5 Å². The lowest BCUT2D eigenvalue weighted by Gasteiger charge is -2.21. The molecule has 0 amide bonds. The number of hydrogen-bond acceptors (Lipinski definition) is 15. The fourth-order valence-electron chi connectivity index (χ4n) is 13.0. The molecule has 6 atom stereocenters. The molecule has 17 nitrogen and oxygen atoms in total. The first-order valence-electron chi connectivity index (χ1n) is 43.5. The zero-order valence-corrected chi connectivity index (χ0v) is 69.4. The highest BCUT2D eigenvalue weighted by atomic mass is 31.2. The molecule has 0 spiro atoms. The van der Waals surface area contributed by atoms with Gasteiger partial charge in [0.1, 0.15) is 19.3 Å². The van der Waals surface area contributed by atoms with Crippen molar-refractivity contribution in [2.24, 2.45) is 11.8 Å². The highest BCUT2D eigenvalue weighted by molar-refractivity contribution is 7.47. The Balaban J connectivity index is 5.23. The Bertz CT molecular complexity index is 1980. The highest BCUT2D eigenvalue weighted by Crippen LogP contribution is 2.45. The molecule has 0 fully saturated rings. The Morgan fingerprint density at radius 1 is 0.282 bits per heavy atom. The normalized spacial score (nSPS) is 14.1. The van der Waals surface area contributed by atoms with Crippen molar-refractivity contribution in [1.29, 1.82) is 0 Å². The summed E-state index contributed by atoms with van der Waals surface area (Å²) in [4.78, 5) is 73.1. The zero-order valence-electron chi connectivity index (χ0n) is 67.6. The highest BCUT2D eigenvalue weighted by Gasteiger charge is 2.30. The number of esters is 4. The summed E-state index contributed by atoms with van der Waals surface area (Å²) in [6.07, 6.45) is 66.5. The van der Waals surface area contributed by atoms with Gasteiger partial charge in [0.05, 0.1) is 26.4 Å². The van der Waals surface area contributed by atoms with Crippen LogP contribution < -0.4 is 0 Å². The first-order valence-corrected chi connectivity index (χ1v) is 46.5. The van der Waals surface area contributed by atoms with E-state index in [1.165, 1.54) is 263 Å². The maximum atomic E-state index is 13.1. The van der Waals surface area contributed by atoms with Crippen LogP contribution in [0.2, 0.25) is 0 Å². The SMILES string of the molecule is CCCCCCCCCCCCCCCCCCC(=O)OC[C@H](COP(=O)(O)OC[C@@H](O)COP(=O)(O)OC[C@@H](COC(=O)CCCCCCCCCCCCC)OC(=O)CCCCCCCCCCCCCC(C)C)OC(=O)CCCCCCCCCCCCCCCCCCCCC(C)CC. The minimum absolute atomic E-state index is 0.107. The van der Waals surface area contributed by atoms with Gasteiger partial charge in [-0.05, 0) is 37.5 Å². The predicted molar refractivity (Wildman–Crippen MR) is 423 cm³/mol. The molecule has 0 aliphatic heterocycles. The Labute approximate surface area is 632 Å². The second-order valence-electron chi connectivity index (χ2n) is 30.9. The summed E-state index contributed by atoms with van der Waals surface area (Å²) >= 11 is 0. The third-order valence-electron chi connectivity index (χ3n) is 20.1. The lowest BCUT2D eigenvalue weighted by Crippen LogP contribution is -2.30. The van der Waals surface area contributed by atoms with E-state index in [-0.39, 0.29) is 25.7 Å². The van der Waals surface area contributed by atoms with E-state index < -0.39 is 97.5 Å². The van der Waals surface area contributed by atoms with Gasteiger partial charge in [0, 0.05) is 25.7 Å². The van der Waals surface area contributed by atoms with Gasteiger partial charge in [-0.1, -0.05) is 395 Å². The summed E-state index contributed by atoms with van der Waals surface area (Å²) < 4.78 is 68.8. The molecule has 0 saturated heterocycles. The maximum absolute atomic E-state index is 13.1. The van der Waals surface area contributed by atoms with Gasteiger partial charge in [-0.2, -0.15) is 0 Å². The number of ether oxygens (including phenoxy) is 4. The smallest absolute Gasteiger partial charge is 0.462 e. The lowest BCUT2D eigenvalue weighted by molar-refractivity contribution is -0.161. The molecule has 0 saturated carbocycles. The van der Waals surface area contributed by atoms with Crippen LogP contribution in [-0.4, -0.2) is 96.7 Å². The van der Waals surface area contributed by atoms with Crippen molar-refractivity contribution in [3.8, 4) is 0 Å². The average molecular weight is 1510 g/mol. The number of carbonyl (C=O) groups is 4. The van der Waals surface area contributed by atoms with Gasteiger partial charge in [-0.15, -0.1) is 0 Å². The summed E-state index contributed by atoms with van der Waals surface area (Å²) in [5.41, 5.74) is 0. The van der Waals surface area contributed by atoms with E-state index in [0.717, 1.165) is 102 Å². The van der Waals surface area contributed by atoms with Crippen molar-refractivity contribution in [3.05, 3.63) is 0 Å². The van der Waals surface area contributed by atoms with E-state index in [4.69, 9.17) is 37.0 Å². The second-order valence-corrected chi connectivity index (χ2v) is 33.8. The molecule has 0 bridgehead atoms. The molecule has 3 unspecified atom stereocenters. The number of phosphoric ester groups is 2. The molecule has 0 aromatic carbocycles. The fraction of sp³-hybridized carbons (Fsp3) is 0.952. The van der Waals surface area contributed by atoms with E-state index in [0.29, 0.717) is 25.7 Å². The third kappa shape index (κ3) is 76.6. The first kappa shape index (κ1) is 101. The molecule has 19 heteroatoms. The van der Waals surface area contributed by atoms with Crippen LogP contribution in [0.25, 0.3) is 0 Å². The van der Waals surface area contributed by atoms with E-state index in [1.807, 2.05) is 0 Å². The quantitative estimate of drug-likeness (QED) is 0.0222. The van der Waals surface area contributed by atoms with E-state index >= 15 is 0 Å². The molecule has 0 aliphatic rings.